The van der Waals surface area contributed by atoms with Crippen LogP contribution < -0.4 is 0 Å². The normalized spacial score (nSPS) is 24.9. The highest BCUT2D eigenvalue weighted by atomic mass is 16.5. The number of hydrogen-bond donors (Lipinski definition) is 1. The fourth-order valence-corrected chi connectivity index (χ4v) is 6.68. The zero-order valence-electron chi connectivity index (χ0n) is 25.4. The summed E-state index contributed by atoms with van der Waals surface area (Å²) in [6.45, 7) is 13.8. The third-order valence-corrected chi connectivity index (χ3v) is 9.29. The van der Waals surface area contributed by atoms with Crippen LogP contribution in [0.2, 0.25) is 0 Å². The van der Waals surface area contributed by atoms with Crippen LogP contribution in [0.15, 0.2) is 24.3 Å². The van der Waals surface area contributed by atoms with E-state index < -0.39 is 18.0 Å². The molecule has 0 saturated heterocycles. The lowest BCUT2D eigenvalue weighted by Crippen LogP contribution is -2.27. The SMILES string of the molecule is C=C(C)C(=O)OCC(CCC1CCC(C2CCC(CCCCC)CC2)CC1)COC(=O)C(=C)CC(O)CCC. The molecule has 0 bridgehead atoms. The monoisotopic (exact) mass is 546 g/mol. The van der Waals surface area contributed by atoms with Gasteiger partial charge in [-0.3, -0.25) is 0 Å². The van der Waals surface area contributed by atoms with E-state index in [1.54, 1.807) is 6.92 Å². The van der Waals surface area contributed by atoms with Crippen molar-refractivity contribution < 1.29 is 24.2 Å². The van der Waals surface area contributed by atoms with Gasteiger partial charge in [-0.1, -0.05) is 84.8 Å². The predicted molar refractivity (Wildman–Crippen MR) is 159 cm³/mol. The van der Waals surface area contributed by atoms with Crippen molar-refractivity contribution in [1.29, 1.82) is 0 Å². The molecule has 2 aliphatic carbocycles. The van der Waals surface area contributed by atoms with E-state index in [9.17, 15) is 14.7 Å². The van der Waals surface area contributed by atoms with Crippen molar-refractivity contribution in [2.75, 3.05) is 13.2 Å². The Bertz CT molecular complexity index is 743. The van der Waals surface area contributed by atoms with E-state index in [0.29, 0.717) is 23.5 Å². The van der Waals surface area contributed by atoms with E-state index >= 15 is 0 Å². The molecule has 0 spiro atoms. The van der Waals surface area contributed by atoms with Crippen LogP contribution in [0.25, 0.3) is 0 Å². The standard InChI is InChI=1S/C34H58O5/c1-6-8-9-11-27-14-18-30(19-15-27)31-20-16-28(17-21-31)12-13-29(23-38-33(36)25(3)4)24-39-34(37)26(5)22-32(35)10-7-2/h27-32,35H,3,5-24H2,1-2,4H3. The molecule has 0 heterocycles. The molecule has 0 aromatic carbocycles. The summed E-state index contributed by atoms with van der Waals surface area (Å²) in [5.41, 5.74) is 0.666. The average molecular weight is 547 g/mol. The molecule has 2 atom stereocenters. The maximum absolute atomic E-state index is 12.5. The van der Waals surface area contributed by atoms with Gasteiger partial charge < -0.3 is 14.6 Å². The number of hydrogen-bond acceptors (Lipinski definition) is 5. The molecular weight excluding hydrogens is 488 g/mol. The predicted octanol–water partition coefficient (Wildman–Crippen LogP) is 8.35. The lowest BCUT2D eigenvalue weighted by molar-refractivity contribution is -0.144. The van der Waals surface area contributed by atoms with Gasteiger partial charge in [-0.25, -0.2) is 9.59 Å². The van der Waals surface area contributed by atoms with Crippen molar-refractivity contribution >= 4 is 11.9 Å². The van der Waals surface area contributed by atoms with E-state index in [1.165, 1.54) is 77.0 Å². The van der Waals surface area contributed by atoms with Crippen molar-refractivity contribution in [2.45, 2.75) is 136 Å². The first-order chi connectivity index (χ1) is 18.7. The summed E-state index contributed by atoms with van der Waals surface area (Å²) in [6.07, 6.45) is 19.7. The number of ether oxygens (including phenoxy) is 2. The summed E-state index contributed by atoms with van der Waals surface area (Å²) in [7, 11) is 0. The molecular formula is C34H58O5. The number of aliphatic hydroxyl groups excluding tert-OH is 1. The Balaban J connectivity index is 1.75. The van der Waals surface area contributed by atoms with Gasteiger partial charge in [0.2, 0.25) is 0 Å². The lowest BCUT2D eigenvalue weighted by Gasteiger charge is -2.38. The summed E-state index contributed by atoms with van der Waals surface area (Å²) in [4.78, 5) is 24.4. The highest BCUT2D eigenvalue weighted by Crippen LogP contribution is 2.43. The molecule has 0 radical (unpaired) electrons. The van der Waals surface area contributed by atoms with Crippen molar-refractivity contribution in [3.05, 3.63) is 24.3 Å². The Kier molecular flexibility index (Phi) is 16.1. The van der Waals surface area contributed by atoms with Gasteiger partial charge in [0.25, 0.3) is 0 Å². The summed E-state index contributed by atoms with van der Waals surface area (Å²) in [5.74, 6) is 2.59. The molecule has 2 fully saturated rings. The molecule has 2 aliphatic rings. The van der Waals surface area contributed by atoms with Crippen LogP contribution in [0.3, 0.4) is 0 Å². The fraction of sp³-hybridized carbons (Fsp3) is 0.824. The van der Waals surface area contributed by atoms with Gasteiger partial charge in [0, 0.05) is 23.5 Å². The van der Waals surface area contributed by atoms with Crippen molar-refractivity contribution in [3.8, 4) is 0 Å². The fourth-order valence-electron chi connectivity index (χ4n) is 6.68. The van der Waals surface area contributed by atoms with E-state index in [4.69, 9.17) is 9.47 Å². The number of esters is 2. The lowest BCUT2D eigenvalue weighted by atomic mass is 9.68. The highest BCUT2D eigenvalue weighted by molar-refractivity contribution is 5.88. The molecule has 2 unspecified atom stereocenters. The van der Waals surface area contributed by atoms with Crippen LogP contribution >= 0.6 is 0 Å². The van der Waals surface area contributed by atoms with Crippen LogP contribution in [0, 0.1) is 29.6 Å². The van der Waals surface area contributed by atoms with Crippen LogP contribution in [0.4, 0.5) is 0 Å². The average Bonchev–Trinajstić information content (AvgIpc) is 2.93. The Morgan fingerprint density at radius 1 is 0.769 bits per heavy atom. The molecule has 2 rings (SSSR count). The number of carbonyl (C=O) groups excluding carboxylic acids is 2. The molecule has 2 saturated carbocycles. The van der Waals surface area contributed by atoms with Crippen molar-refractivity contribution in [2.24, 2.45) is 29.6 Å². The third kappa shape index (κ3) is 13.1. The minimum atomic E-state index is -0.571. The first kappa shape index (κ1) is 33.6. The summed E-state index contributed by atoms with van der Waals surface area (Å²) in [5, 5.41) is 9.99. The second kappa shape index (κ2) is 18.7. The maximum atomic E-state index is 12.5. The van der Waals surface area contributed by atoms with Gasteiger partial charge in [0.1, 0.15) is 0 Å². The molecule has 0 amide bonds. The van der Waals surface area contributed by atoms with Gasteiger partial charge in [-0.05, 0) is 75.5 Å². The van der Waals surface area contributed by atoms with Crippen LogP contribution in [-0.2, 0) is 19.1 Å². The minimum absolute atomic E-state index is 0.0497. The van der Waals surface area contributed by atoms with E-state index in [0.717, 1.165) is 37.0 Å². The maximum Gasteiger partial charge on any atom is 0.333 e. The molecule has 224 valence electrons. The Morgan fingerprint density at radius 3 is 1.82 bits per heavy atom. The molecule has 0 aromatic heterocycles. The Morgan fingerprint density at radius 2 is 1.31 bits per heavy atom. The summed E-state index contributed by atoms with van der Waals surface area (Å²) < 4.78 is 11.0. The molecule has 5 nitrogen and oxygen atoms in total. The first-order valence-corrected chi connectivity index (χ1v) is 16.1. The second-order valence-electron chi connectivity index (χ2n) is 12.7. The second-order valence-corrected chi connectivity index (χ2v) is 12.7. The van der Waals surface area contributed by atoms with Gasteiger partial charge in [0.05, 0.1) is 19.3 Å². The molecule has 5 heteroatoms. The number of aliphatic hydroxyl groups is 1. The molecule has 0 aromatic rings. The van der Waals surface area contributed by atoms with E-state index in [1.807, 2.05) is 6.92 Å². The quantitative estimate of drug-likeness (QED) is 0.106. The number of rotatable bonds is 18. The number of unbranched alkanes of at least 4 members (excludes halogenated alkanes) is 2. The topological polar surface area (TPSA) is 72.8 Å². The first-order valence-electron chi connectivity index (χ1n) is 16.1. The van der Waals surface area contributed by atoms with E-state index in [-0.39, 0.29) is 25.6 Å². The number of carbonyl (C=O) groups is 2. The van der Waals surface area contributed by atoms with Gasteiger partial charge in [0.15, 0.2) is 0 Å². The smallest absolute Gasteiger partial charge is 0.333 e. The van der Waals surface area contributed by atoms with Gasteiger partial charge in [-0.2, -0.15) is 0 Å². The molecule has 1 N–H and O–H groups in total. The zero-order chi connectivity index (χ0) is 28.6. The zero-order valence-corrected chi connectivity index (χ0v) is 25.4. The molecule has 39 heavy (non-hydrogen) atoms. The van der Waals surface area contributed by atoms with Crippen LogP contribution in [-0.4, -0.2) is 36.4 Å². The third-order valence-electron chi connectivity index (χ3n) is 9.29. The Labute approximate surface area is 239 Å². The highest BCUT2D eigenvalue weighted by Gasteiger charge is 2.31. The Hall–Kier alpha value is -1.62. The van der Waals surface area contributed by atoms with Crippen LogP contribution in [0.1, 0.15) is 130 Å². The van der Waals surface area contributed by atoms with Crippen LogP contribution in [0.5, 0.6) is 0 Å². The summed E-state index contributed by atoms with van der Waals surface area (Å²) in [6, 6.07) is 0. The minimum Gasteiger partial charge on any atom is -0.462 e. The van der Waals surface area contributed by atoms with Crippen molar-refractivity contribution in [3.63, 3.8) is 0 Å². The largest absolute Gasteiger partial charge is 0.462 e. The van der Waals surface area contributed by atoms with E-state index in [2.05, 4.69) is 20.1 Å². The summed E-state index contributed by atoms with van der Waals surface area (Å²) >= 11 is 0. The van der Waals surface area contributed by atoms with Crippen molar-refractivity contribution in [1.82, 2.24) is 0 Å². The van der Waals surface area contributed by atoms with Gasteiger partial charge in [-0.15, -0.1) is 0 Å². The van der Waals surface area contributed by atoms with Gasteiger partial charge >= 0.3 is 11.9 Å². The molecule has 0 aliphatic heterocycles.